The molecule has 0 atom stereocenters. The summed E-state index contributed by atoms with van der Waals surface area (Å²) in [4.78, 5) is 0.198. The van der Waals surface area contributed by atoms with Crippen molar-refractivity contribution in [3.05, 3.63) is 29.8 Å². The van der Waals surface area contributed by atoms with E-state index in [1.807, 2.05) is 19.9 Å². The van der Waals surface area contributed by atoms with Crippen LogP contribution in [-0.2, 0) is 10.0 Å². The summed E-state index contributed by atoms with van der Waals surface area (Å²) in [6, 6.07) is 8.12. The first-order valence-corrected chi connectivity index (χ1v) is 7.50. The Morgan fingerprint density at radius 1 is 1.22 bits per heavy atom. The summed E-state index contributed by atoms with van der Waals surface area (Å²) in [5.74, 6) is 0. The summed E-state index contributed by atoms with van der Waals surface area (Å²) in [7, 11) is -3.48. The molecule has 0 fully saturated rings. The summed E-state index contributed by atoms with van der Waals surface area (Å²) in [5.41, 5.74) is 0.365. The lowest BCUT2D eigenvalue weighted by Crippen LogP contribution is -2.32. The predicted molar refractivity (Wildman–Crippen MR) is 70.5 cm³/mol. The van der Waals surface area contributed by atoms with Gasteiger partial charge in [-0.25, -0.2) is 8.42 Å². The van der Waals surface area contributed by atoms with Crippen molar-refractivity contribution in [2.24, 2.45) is 0 Å². The number of hydrogen-bond donors (Lipinski definition) is 0. The number of benzene rings is 1. The molecule has 0 unspecified atom stereocenters. The van der Waals surface area contributed by atoms with E-state index in [1.165, 1.54) is 16.4 Å². The molecule has 0 saturated carbocycles. The second-order valence-electron chi connectivity index (χ2n) is 4.04. The topological polar surface area (TPSA) is 61.2 Å². The zero-order chi connectivity index (χ0) is 13.6. The molecular weight excluding hydrogens is 248 g/mol. The van der Waals surface area contributed by atoms with Crippen LogP contribution in [0, 0.1) is 11.3 Å². The molecule has 4 nitrogen and oxygen atoms in total. The fourth-order valence-electron chi connectivity index (χ4n) is 1.73. The first-order valence-electron chi connectivity index (χ1n) is 6.06. The summed E-state index contributed by atoms with van der Waals surface area (Å²) < 4.78 is 26.3. The highest BCUT2D eigenvalue weighted by molar-refractivity contribution is 7.89. The van der Waals surface area contributed by atoms with Crippen molar-refractivity contribution in [2.75, 3.05) is 13.1 Å². The molecule has 1 aromatic carbocycles. The third-order valence-electron chi connectivity index (χ3n) is 2.55. The van der Waals surface area contributed by atoms with Gasteiger partial charge in [-0.15, -0.1) is 0 Å². The molecule has 0 aliphatic rings. The van der Waals surface area contributed by atoms with Gasteiger partial charge >= 0.3 is 0 Å². The van der Waals surface area contributed by atoms with E-state index >= 15 is 0 Å². The number of sulfonamides is 1. The van der Waals surface area contributed by atoms with Crippen LogP contribution in [0.3, 0.4) is 0 Å². The van der Waals surface area contributed by atoms with Crippen LogP contribution in [0.2, 0.25) is 0 Å². The van der Waals surface area contributed by atoms with Gasteiger partial charge in [0.2, 0.25) is 10.0 Å². The number of nitrogens with zero attached hydrogens (tertiary/aromatic N) is 2. The molecule has 0 N–H and O–H groups in total. The average molecular weight is 266 g/mol. The molecule has 1 aromatic rings. The van der Waals surface area contributed by atoms with Gasteiger partial charge in [-0.1, -0.05) is 19.9 Å². The lowest BCUT2D eigenvalue weighted by atomic mass is 10.2. The quantitative estimate of drug-likeness (QED) is 0.794. The maximum absolute atomic E-state index is 12.4. The number of rotatable bonds is 6. The predicted octanol–water partition coefficient (Wildman–Crippen LogP) is 2.37. The summed E-state index contributed by atoms with van der Waals surface area (Å²) >= 11 is 0. The van der Waals surface area contributed by atoms with Crippen molar-refractivity contribution in [2.45, 2.75) is 31.6 Å². The van der Waals surface area contributed by atoms with Crippen LogP contribution in [0.4, 0.5) is 0 Å². The van der Waals surface area contributed by atoms with Gasteiger partial charge in [0.15, 0.2) is 0 Å². The Kier molecular flexibility index (Phi) is 5.32. The van der Waals surface area contributed by atoms with E-state index in [4.69, 9.17) is 5.26 Å². The first-order chi connectivity index (χ1) is 8.56. The minimum Gasteiger partial charge on any atom is -0.207 e. The Bertz CT molecular complexity index is 526. The Morgan fingerprint density at radius 2 is 1.83 bits per heavy atom. The highest BCUT2D eigenvalue weighted by Gasteiger charge is 2.22. The van der Waals surface area contributed by atoms with E-state index < -0.39 is 10.0 Å². The van der Waals surface area contributed by atoms with Crippen LogP contribution >= 0.6 is 0 Å². The van der Waals surface area contributed by atoms with Gasteiger partial charge in [0.05, 0.1) is 16.5 Å². The van der Waals surface area contributed by atoms with Gasteiger partial charge in [-0.2, -0.15) is 9.57 Å². The summed E-state index contributed by atoms with van der Waals surface area (Å²) in [6.07, 6.45) is 1.55. The van der Waals surface area contributed by atoms with Gasteiger partial charge in [-0.3, -0.25) is 0 Å². The maximum atomic E-state index is 12.4. The molecule has 5 heteroatoms. The SMILES string of the molecule is CCCN(CCC)S(=O)(=O)c1cccc(C#N)c1. The molecule has 0 heterocycles. The molecular formula is C13H18N2O2S. The fourth-order valence-corrected chi connectivity index (χ4v) is 3.40. The van der Waals surface area contributed by atoms with Crippen LogP contribution in [0.5, 0.6) is 0 Å². The van der Waals surface area contributed by atoms with Crippen molar-refractivity contribution < 1.29 is 8.42 Å². The number of hydrogen-bond acceptors (Lipinski definition) is 3. The van der Waals surface area contributed by atoms with E-state index in [9.17, 15) is 8.42 Å². The second kappa shape index (κ2) is 6.53. The van der Waals surface area contributed by atoms with Crippen LogP contribution < -0.4 is 0 Å². The zero-order valence-electron chi connectivity index (χ0n) is 10.8. The Balaban J connectivity index is 3.13. The minimum atomic E-state index is -3.48. The van der Waals surface area contributed by atoms with Crippen molar-refractivity contribution in [3.8, 4) is 6.07 Å². The van der Waals surface area contributed by atoms with Gasteiger partial charge in [0, 0.05) is 13.1 Å². The lowest BCUT2D eigenvalue weighted by molar-refractivity contribution is 0.410. The Hall–Kier alpha value is -1.38. The molecule has 0 aliphatic heterocycles. The molecule has 98 valence electrons. The monoisotopic (exact) mass is 266 g/mol. The molecule has 0 aromatic heterocycles. The van der Waals surface area contributed by atoms with Crippen LogP contribution in [0.15, 0.2) is 29.2 Å². The van der Waals surface area contributed by atoms with Crippen molar-refractivity contribution in [1.82, 2.24) is 4.31 Å². The zero-order valence-corrected chi connectivity index (χ0v) is 11.6. The Morgan fingerprint density at radius 3 is 2.33 bits per heavy atom. The van der Waals surface area contributed by atoms with E-state index in [0.29, 0.717) is 18.7 Å². The summed E-state index contributed by atoms with van der Waals surface area (Å²) in [5, 5.41) is 8.81. The molecule has 0 bridgehead atoms. The van der Waals surface area contributed by atoms with Crippen molar-refractivity contribution >= 4 is 10.0 Å². The Labute approximate surface area is 109 Å². The van der Waals surface area contributed by atoms with E-state index in [-0.39, 0.29) is 4.90 Å². The standard InChI is InChI=1S/C13H18N2O2S/c1-3-8-15(9-4-2)18(16,17)13-7-5-6-12(10-13)11-14/h5-7,10H,3-4,8-9H2,1-2H3. The molecule has 1 rings (SSSR count). The third kappa shape index (κ3) is 3.31. The largest absolute Gasteiger partial charge is 0.243 e. The van der Waals surface area contributed by atoms with Crippen LogP contribution in [0.1, 0.15) is 32.3 Å². The lowest BCUT2D eigenvalue weighted by Gasteiger charge is -2.20. The van der Waals surface area contributed by atoms with E-state index in [1.54, 1.807) is 12.1 Å². The van der Waals surface area contributed by atoms with Gasteiger partial charge < -0.3 is 0 Å². The molecule has 0 spiro atoms. The number of nitriles is 1. The second-order valence-corrected chi connectivity index (χ2v) is 5.98. The highest BCUT2D eigenvalue weighted by atomic mass is 32.2. The third-order valence-corrected chi connectivity index (χ3v) is 4.44. The van der Waals surface area contributed by atoms with Gasteiger partial charge in [0.25, 0.3) is 0 Å². The normalized spacial score (nSPS) is 11.4. The molecule has 0 radical (unpaired) electrons. The van der Waals surface area contributed by atoms with Gasteiger partial charge in [-0.05, 0) is 31.0 Å². The van der Waals surface area contributed by atoms with E-state index in [0.717, 1.165) is 12.8 Å². The maximum Gasteiger partial charge on any atom is 0.243 e. The molecule has 0 saturated heterocycles. The molecule has 0 amide bonds. The average Bonchev–Trinajstić information content (AvgIpc) is 2.38. The first kappa shape index (κ1) is 14.7. The highest BCUT2D eigenvalue weighted by Crippen LogP contribution is 2.17. The molecule has 18 heavy (non-hydrogen) atoms. The van der Waals surface area contributed by atoms with Gasteiger partial charge in [0.1, 0.15) is 0 Å². The van der Waals surface area contributed by atoms with Crippen molar-refractivity contribution in [1.29, 1.82) is 5.26 Å². The van der Waals surface area contributed by atoms with E-state index in [2.05, 4.69) is 0 Å². The smallest absolute Gasteiger partial charge is 0.207 e. The van der Waals surface area contributed by atoms with Crippen LogP contribution in [-0.4, -0.2) is 25.8 Å². The summed E-state index contributed by atoms with van der Waals surface area (Å²) in [6.45, 7) is 4.91. The molecule has 0 aliphatic carbocycles. The van der Waals surface area contributed by atoms with Crippen molar-refractivity contribution in [3.63, 3.8) is 0 Å². The minimum absolute atomic E-state index is 0.198. The van der Waals surface area contributed by atoms with Crippen LogP contribution in [0.25, 0.3) is 0 Å². The fraction of sp³-hybridized carbons (Fsp3) is 0.462.